The molecular formula is C17H24N8O. The van der Waals surface area contributed by atoms with E-state index in [1.54, 1.807) is 11.6 Å². The molecule has 3 rings (SSSR count). The molecule has 2 aromatic heterocycles. The Hall–Kier alpha value is -2.94. The van der Waals surface area contributed by atoms with Crippen molar-refractivity contribution in [2.45, 2.75) is 39.5 Å². The highest BCUT2D eigenvalue weighted by Crippen LogP contribution is 2.23. The van der Waals surface area contributed by atoms with Crippen LogP contribution in [0.2, 0.25) is 0 Å². The summed E-state index contributed by atoms with van der Waals surface area (Å²) in [5.41, 5.74) is 8.91. The molecule has 26 heavy (non-hydrogen) atoms. The van der Waals surface area contributed by atoms with Gasteiger partial charge in [0.25, 0.3) is 0 Å². The van der Waals surface area contributed by atoms with Gasteiger partial charge in [-0.1, -0.05) is 23.4 Å². The predicted octanol–water partition coefficient (Wildman–Crippen LogP) is 1.79. The molecule has 3 aromatic rings. The van der Waals surface area contributed by atoms with Gasteiger partial charge < -0.3 is 21.5 Å². The minimum atomic E-state index is -0.511. The van der Waals surface area contributed by atoms with E-state index in [0.717, 1.165) is 5.56 Å². The molecule has 0 spiro atoms. The monoisotopic (exact) mass is 356 g/mol. The SMILES string of the molecule is CC(O)CNc1nc(NCc2ccccc2N)c2nnn(C(C)C)c2n1. The fraction of sp³-hybridized carbons (Fsp3) is 0.412. The molecule has 2 heterocycles. The van der Waals surface area contributed by atoms with Crippen molar-refractivity contribution < 1.29 is 5.11 Å². The van der Waals surface area contributed by atoms with Crippen molar-refractivity contribution in [3.63, 3.8) is 0 Å². The number of nitrogen functional groups attached to an aromatic ring is 1. The first kappa shape index (κ1) is 17.9. The molecule has 9 heteroatoms. The molecule has 0 fully saturated rings. The fourth-order valence-corrected chi connectivity index (χ4v) is 2.49. The van der Waals surface area contributed by atoms with Gasteiger partial charge in [0.15, 0.2) is 17.0 Å². The normalized spacial score (nSPS) is 12.5. The second-order valence-electron chi connectivity index (χ2n) is 6.48. The Morgan fingerprint density at radius 1 is 1.15 bits per heavy atom. The summed E-state index contributed by atoms with van der Waals surface area (Å²) >= 11 is 0. The number of benzene rings is 1. The molecule has 0 radical (unpaired) electrons. The van der Waals surface area contributed by atoms with Crippen molar-refractivity contribution in [1.29, 1.82) is 0 Å². The van der Waals surface area contributed by atoms with Gasteiger partial charge in [-0.15, -0.1) is 5.10 Å². The second-order valence-corrected chi connectivity index (χ2v) is 6.48. The van der Waals surface area contributed by atoms with Gasteiger partial charge in [0.1, 0.15) is 0 Å². The Bertz CT molecular complexity index is 890. The van der Waals surface area contributed by atoms with Crippen LogP contribution in [0.5, 0.6) is 0 Å². The van der Waals surface area contributed by atoms with Crippen LogP contribution in [0, 0.1) is 0 Å². The van der Waals surface area contributed by atoms with Crippen molar-refractivity contribution in [2.24, 2.45) is 0 Å². The standard InChI is InChI=1S/C17H24N8O/c1-10(2)25-16-14(23-24-25)15(21-17(22-16)20-8-11(3)26)19-9-12-6-4-5-7-13(12)18/h4-7,10-11,26H,8-9,18H2,1-3H3,(H2,19,20,21,22). The quantitative estimate of drug-likeness (QED) is 0.472. The number of nitrogens with one attached hydrogen (secondary N) is 2. The van der Waals surface area contributed by atoms with Gasteiger partial charge in [0.05, 0.1) is 12.1 Å². The van der Waals surface area contributed by atoms with E-state index < -0.39 is 6.10 Å². The van der Waals surface area contributed by atoms with E-state index in [-0.39, 0.29) is 6.04 Å². The molecule has 0 aliphatic rings. The van der Waals surface area contributed by atoms with Crippen molar-refractivity contribution >= 4 is 28.6 Å². The van der Waals surface area contributed by atoms with E-state index in [9.17, 15) is 5.11 Å². The minimum Gasteiger partial charge on any atom is -0.398 e. The summed E-state index contributed by atoms with van der Waals surface area (Å²) in [6, 6.07) is 7.76. The lowest BCUT2D eigenvalue weighted by Gasteiger charge is -2.12. The van der Waals surface area contributed by atoms with Crippen LogP contribution in [0.1, 0.15) is 32.4 Å². The molecule has 0 aliphatic heterocycles. The highest BCUT2D eigenvalue weighted by atomic mass is 16.3. The molecule has 0 saturated carbocycles. The molecule has 1 aromatic carbocycles. The number of para-hydroxylation sites is 1. The van der Waals surface area contributed by atoms with E-state index in [1.807, 2.05) is 38.1 Å². The maximum absolute atomic E-state index is 9.50. The average molecular weight is 356 g/mol. The third kappa shape index (κ3) is 3.83. The zero-order valence-corrected chi connectivity index (χ0v) is 15.1. The van der Waals surface area contributed by atoms with Crippen molar-refractivity contribution in [1.82, 2.24) is 25.0 Å². The van der Waals surface area contributed by atoms with E-state index >= 15 is 0 Å². The van der Waals surface area contributed by atoms with Crippen molar-refractivity contribution in [3.05, 3.63) is 29.8 Å². The number of nitrogens with zero attached hydrogens (tertiary/aromatic N) is 5. The van der Waals surface area contributed by atoms with E-state index in [2.05, 4.69) is 30.9 Å². The highest BCUT2D eigenvalue weighted by molar-refractivity contribution is 5.83. The van der Waals surface area contributed by atoms with Gasteiger partial charge in [-0.3, -0.25) is 0 Å². The molecule has 0 amide bonds. The fourth-order valence-electron chi connectivity index (χ4n) is 2.49. The molecule has 1 unspecified atom stereocenters. The number of aromatic nitrogens is 5. The topological polar surface area (TPSA) is 127 Å². The molecule has 0 saturated heterocycles. The molecule has 0 aliphatic carbocycles. The number of aliphatic hydroxyl groups is 1. The van der Waals surface area contributed by atoms with Crippen LogP contribution in [-0.4, -0.2) is 42.7 Å². The zero-order valence-electron chi connectivity index (χ0n) is 15.1. The summed E-state index contributed by atoms with van der Waals surface area (Å²) in [6.45, 7) is 6.57. The van der Waals surface area contributed by atoms with Crippen LogP contribution in [-0.2, 0) is 6.54 Å². The largest absolute Gasteiger partial charge is 0.398 e. The Morgan fingerprint density at radius 2 is 1.92 bits per heavy atom. The number of hydrogen-bond donors (Lipinski definition) is 4. The van der Waals surface area contributed by atoms with Gasteiger partial charge in [-0.05, 0) is 32.4 Å². The summed E-state index contributed by atoms with van der Waals surface area (Å²) in [4.78, 5) is 8.99. The van der Waals surface area contributed by atoms with Gasteiger partial charge in [-0.2, -0.15) is 9.97 Å². The Labute approximate surface area is 151 Å². The zero-order chi connectivity index (χ0) is 18.7. The van der Waals surface area contributed by atoms with Crippen molar-refractivity contribution in [3.8, 4) is 0 Å². The third-order valence-corrected chi connectivity index (χ3v) is 3.87. The van der Waals surface area contributed by atoms with E-state index in [1.165, 1.54) is 0 Å². The van der Waals surface area contributed by atoms with Crippen LogP contribution in [0.15, 0.2) is 24.3 Å². The van der Waals surface area contributed by atoms with Gasteiger partial charge in [0, 0.05) is 18.8 Å². The molecule has 0 bridgehead atoms. The first-order valence-electron chi connectivity index (χ1n) is 8.58. The van der Waals surface area contributed by atoms with Crippen LogP contribution in [0.3, 0.4) is 0 Å². The highest BCUT2D eigenvalue weighted by Gasteiger charge is 2.16. The summed E-state index contributed by atoms with van der Waals surface area (Å²) in [7, 11) is 0. The van der Waals surface area contributed by atoms with Crippen molar-refractivity contribution in [2.75, 3.05) is 22.9 Å². The Morgan fingerprint density at radius 3 is 2.62 bits per heavy atom. The number of aliphatic hydroxyl groups excluding tert-OH is 1. The Balaban J connectivity index is 1.95. The minimum absolute atomic E-state index is 0.108. The van der Waals surface area contributed by atoms with Gasteiger partial charge >= 0.3 is 0 Å². The first-order valence-corrected chi connectivity index (χ1v) is 8.58. The molecule has 9 nitrogen and oxygen atoms in total. The van der Waals surface area contributed by atoms with E-state index in [0.29, 0.717) is 41.7 Å². The molecule has 138 valence electrons. The number of anilines is 3. The summed E-state index contributed by atoms with van der Waals surface area (Å²) in [5, 5.41) is 24.2. The predicted molar refractivity (Wildman–Crippen MR) is 102 cm³/mol. The van der Waals surface area contributed by atoms with Crippen LogP contribution in [0.25, 0.3) is 11.2 Å². The van der Waals surface area contributed by atoms with Crippen LogP contribution >= 0.6 is 0 Å². The third-order valence-electron chi connectivity index (χ3n) is 3.87. The molecule has 5 N–H and O–H groups in total. The lowest BCUT2D eigenvalue weighted by molar-refractivity contribution is 0.208. The molecular weight excluding hydrogens is 332 g/mol. The average Bonchev–Trinajstić information content (AvgIpc) is 3.03. The summed E-state index contributed by atoms with van der Waals surface area (Å²) in [5.74, 6) is 0.976. The van der Waals surface area contributed by atoms with E-state index in [4.69, 9.17) is 5.73 Å². The number of rotatable bonds is 7. The smallest absolute Gasteiger partial charge is 0.226 e. The lowest BCUT2D eigenvalue weighted by atomic mass is 10.2. The summed E-state index contributed by atoms with van der Waals surface area (Å²) in [6.07, 6.45) is -0.511. The van der Waals surface area contributed by atoms with Crippen LogP contribution in [0.4, 0.5) is 17.5 Å². The Kier molecular flexibility index (Phi) is 5.17. The molecule has 1 atom stereocenters. The van der Waals surface area contributed by atoms with Gasteiger partial charge in [-0.25, -0.2) is 4.68 Å². The lowest BCUT2D eigenvalue weighted by Crippen LogP contribution is -2.18. The number of fused-ring (bicyclic) bond motifs is 1. The second kappa shape index (κ2) is 7.52. The maximum atomic E-state index is 9.50. The summed E-state index contributed by atoms with van der Waals surface area (Å²) < 4.78 is 1.74. The number of nitrogens with two attached hydrogens (primary N) is 1. The number of hydrogen-bond acceptors (Lipinski definition) is 8. The maximum Gasteiger partial charge on any atom is 0.226 e. The van der Waals surface area contributed by atoms with Crippen LogP contribution < -0.4 is 16.4 Å². The van der Waals surface area contributed by atoms with Gasteiger partial charge in [0.2, 0.25) is 5.95 Å². The first-order chi connectivity index (χ1) is 12.5.